The number of nitrogens with one attached hydrogen (secondary N) is 1. The number of hydrogen-bond acceptors (Lipinski definition) is 3. The third kappa shape index (κ3) is 4.48. The standard InChI is InChI=1S/C20H20F3N3O/c1-12(2)11-27-16-7-4-14(5-8-16)17-9-6-15(10-24-17)19-25-13(3)18(26-19)20(21,22)23/h4-10,12H,11H2,1-3H3,(H,25,26). The van der Waals surface area contributed by atoms with Crippen LogP contribution < -0.4 is 4.74 Å². The van der Waals surface area contributed by atoms with Gasteiger partial charge in [0.05, 0.1) is 18.0 Å². The van der Waals surface area contributed by atoms with Gasteiger partial charge in [0.1, 0.15) is 17.3 Å². The highest BCUT2D eigenvalue weighted by molar-refractivity contribution is 5.64. The van der Waals surface area contributed by atoms with Crippen LogP contribution in [0.15, 0.2) is 42.6 Å². The molecule has 1 aromatic carbocycles. The molecule has 0 amide bonds. The molecule has 27 heavy (non-hydrogen) atoms. The molecule has 3 aromatic rings. The highest BCUT2D eigenvalue weighted by Gasteiger charge is 2.35. The van der Waals surface area contributed by atoms with Crippen LogP contribution in [0.5, 0.6) is 5.75 Å². The quantitative estimate of drug-likeness (QED) is 0.641. The fourth-order valence-corrected chi connectivity index (χ4v) is 2.56. The average molecular weight is 375 g/mol. The Morgan fingerprint density at radius 2 is 1.70 bits per heavy atom. The number of rotatable bonds is 5. The van der Waals surface area contributed by atoms with Gasteiger partial charge in [0.15, 0.2) is 0 Å². The predicted octanol–water partition coefficient (Wildman–Crippen LogP) is 5.50. The lowest BCUT2D eigenvalue weighted by Gasteiger charge is -2.09. The van der Waals surface area contributed by atoms with Crippen molar-refractivity contribution in [2.45, 2.75) is 26.9 Å². The topological polar surface area (TPSA) is 50.8 Å². The molecule has 0 spiro atoms. The van der Waals surface area contributed by atoms with Crippen LogP contribution in [0.2, 0.25) is 0 Å². The third-order valence-corrected chi connectivity index (χ3v) is 3.94. The highest BCUT2D eigenvalue weighted by Crippen LogP contribution is 2.32. The summed E-state index contributed by atoms with van der Waals surface area (Å²) < 4.78 is 44.3. The van der Waals surface area contributed by atoms with Crippen molar-refractivity contribution in [1.82, 2.24) is 15.0 Å². The van der Waals surface area contributed by atoms with Gasteiger partial charge in [0, 0.05) is 17.3 Å². The van der Waals surface area contributed by atoms with E-state index in [4.69, 9.17) is 4.74 Å². The van der Waals surface area contributed by atoms with Crippen molar-refractivity contribution in [3.63, 3.8) is 0 Å². The first-order chi connectivity index (χ1) is 12.7. The fraction of sp³-hybridized carbons (Fsp3) is 0.300. The van der Waals surface area contributed by atoms with Gasteiger partial charge in [-0.1, -0.05) is 13.8 Å². The van der Waals surface area contributed by atoms with Crippen molar-refractivity contribution in [3.8, 4) is 28.4 Å². The lowest BCUT2D eigenvalue weighted by molar-refractivity contribution is -0.141. The van der Waals surface area contributed by atoms with Crippen molar-refractivity contribution >= 4 is 0 Å². The zero-order valence-electron chi connectivity index (χ0n) is 15.3. The number of nitrogens with zero attached hydrogens (tertiary/aromatic N) is 2. The van der Waals surface area contributed by atoms with E-state index < -0.39 is 11.9 Å². The number of aromatic nitrogens is 3. The van der Waals surface area contributed by atoms with Crippen LogP contribution in [0.25, 0.3) is 22.6 Å². The molecule has 0 aliphatic heterocycles. The van der Waals surface area contributed by atoms with E-state index in [1.54, 1.807) is 12.1 Å². The van der Waals surface area contributed by atoms with E-state index in [-0.39, 0.29) is 11.5 Å². The molecule has 2 aromatic heterocycles. The van der Waals surface area contributed by atoms with Gasteiger partial charge in [-0.05, 0) is 49.2 Å². The Morgan fingerprint density at radius 3 is 2.22 bits per heavy atom. The minimum Gasteiger partial charge on any atom is -0.493 e. The molecule has 0 unspecified atom stereocenters. The van der Waals surface area contributed by atoms with Gasteiger partial charge in [-0.25, -0.2) is 4.98 Å². The minimum absolute atomic E-state index is 0.0847. The zero-order valence-corrected chi connectivity index (χ0v) is 15.3. The molecule has 0 fully saturated rings. The molecule has 0 aliphatic rings. The Hall–Kier alpha value is -2.83. The number of hydrogen-bond donors (Lipinski definition) is 1. The number of benzene rings is 1. The normalized spacial score (nSPS) is 11.8. The van der Waals surface area contributed by atoms with Gasteiger partial charge in [0.2, 0.25) is 0 Å². The number of ether oxygens (including phenoxy) is 1. The Bertz CT molecular complexity index is 898. The molecule has 2 heterocycles. The van der Waals surface area contributed by atoms with E-state index in [1.165, 1.54) is 13.1 Å². The van der Waals surface area contributed by atoms with Crippen molar-refractivity contribution in [2.24, 2.45) is 5.92 Å². The van der Waals surface area contributed by atoms with Crippen molar-refractivity contribution in [2.75, 3.05) is 6.61 Å². The summed E-state index contributed by atoms with van der Waals surface area (Å²) in [6.07, 6.45) is -2.95. The molecular weight excluding hydrogens is 355 g/mol. The number of H-pyrrole nitrogens is 1. The van der Waals surface area contributed by atoms with Crippen LogP contribution in [0.4, 0.5) is 13.2 Å². The SMILES string of the molecule is Cc1nc(-c2ccc(-c3ccc(OCC(C)C)cc3)nc2)[nH]c1C(F)(F)F. The van der Waals surface area contributed by atoms with Crippen LogP contribution in [-0.4, -0.2) is 21.6 Å². The van der Waals surface area contributed by atoms with Crippen LogP contribution in [-0.2, 0) is 6.18 Å². The zero-order chi connectivity index (χ0) is 19.6. The highest BCUT2D eigenvalue weighted by atomic mass is 19.4. The molecule has 4 nitrogen and oxygen atoms in total. The van der Waals surface area contributed by atoms with E-state index in [1.807, 2.05) is 24.3 Å². The summed E-state index contributed by atoms with van der Waals surface area (Å²) >= 11 is 0. The summed E-state index contributed by atoms with van der Waals surface area (Å²) in [4.78, 5) is 10.6. The van der Waals surface area contributed by atoms with Gasteiger partial charge < -0.3 is 9.72 Å². The second-order valence-electron chi connectivity index (χ2n) is 6.70. The smallest absolute Gasteiger partial charge is 0.433 e. The maximum Gasteiger partial charge on any atom is 0.433 e. The third-order valence-electron chi connectivity index (χ3n) is 3.94. The van der Waals surface area contributed by atoms with Crippen LogP contribution >= 0.6 is 0 Å². The molecule has 3 rings (SSSR count). The van der Waals surface area contributed by atoms with Crippen molar-refractivity contribution < 1.29 is 17.9 Å². The molecule has 0 aliphatic carbocycles. The fourth-order valence-electron chi connectivity index (χ4n) is 2.56. The molecule has 0 bridgehead atoms. The summed E-state index contributed by atoms with van der Waals surface area (Å²) in [6.45, 7) is 6.14. The van der Waals surface area contributed by atoms with Gasteiger partial charge in [-0.15, -0.1) is 0 Å². The van der Waals surface area contributed by atoms with E-state index in [9.17, 15) is 13.2 Å². The maximum atomic E-state index is 12.9. The molecule has 0 atom stereocenters. The van der Waals surface area contributed by atoms with Crippen molar-refractivity contribution in [3.05, 3.63) is 54.0 Å². The van der Waals surface area contributed by atoms with Gasteiger partial charge in [-0.2, -0.15) is 13.2 Å². The van der Waals surface area contributed by atoms with Gasteiger partial charge in [-0.3, -0.25) is 4.98 Å². The Balaban J connectivity index is 1.78. The Labute approximate surface area is 155 Å². The predicted molar refractivity (Wildman–Crippen MR) is 97.3 cm³/mol. The van der Waals surface area contributed by atoms with E-state index >= 15 is 0 Å². The first kappa shape index (κ1) is 18.9. The van der Waals surface area contributed by atoms with E-state index in [0.29, 0.717) is 23.8 Å². The summed E-state index contributed by atoms with van der Waals surface area (Å²) in [6, 6.07) is 11.0. The van der Waals surface area contributed by atoms with Crippen LogP contribution in [0.3, 0.4) is 0 Å². The molecule has 1 N–H and O–H groups in total. The van der Waals surface area contributed by atoms with Gasteiger partial charge >= 0.3 is 6.18 Å². The maximum absolute atomic E-state index is 12.9. The number of aryl methyl sites for hydroxylation is 1. The van der Waals surface area contributed by atoms with Gasteiger partial charge in [0.25, 0.3) is 0 Å². The van der Waals surface area contributed by atoms with Crippen LogP contribution in [0, 0.1) is 12.8 Å². The Morgan fingerprint density at radius 1 is 1.04 bits per heavy atom. The van der Waals surface area contributed by atoms with E-state index in [0.717, 1.165) is 11.3 Å². The first-order valence-corrected chi connectivity index (χ1v) is 8.57. The minimum atomic E-state index is -4.46. The lowest BCUT2D eigenvalue weighted by Crippen LogP contribution is -2.07. The lowest BCUT2D eigenvalue weighted by atomic mass is 10.1. The molecular formula is C20H20F3N3O. The Kier molecular flexibility index (Phi) is 5.21. The summed E-state index contributed by atoms with van der Waals surface area (Å²) in [5, 5.41) is 0. The summed E-state index contributed by atoms with van der Waals surface area (Å²) in [5.41, 5.74) is 1.19. The van der Waals surface area contributed by atoms with Crippen molar-refractivity contribution in [1.29, 1.82) is 0 Å². The number of imidazole rings is 1. The second-order valence-corrected chi connectivity index (χ2v) is 6.70. The summed E-state index contributed by atoms with van der Waals surface area (Å²) in [7, 11) is 0. The number of alkyl halides is 3. The molecule has 0 saturated heterocycles. The average Bonchev–Trinajstić information content (AvgIpc) is 3.03. The largest absolute Gasteiger partial charge is 0.493 e. The molecule has 0 saturated carbocycles. The monoisotopic (exact) mass is 375 g/mol. The second kappa shape index (κ2) is 7.42. The van der Waals surface area contributed by atoms with Crippen LogP contribution in [0.1, 0.15) is 25.2 Å². The number of halogens is 3. The van der Waals surface area contributed by atoms with E-state index in [2.05, 4.69) is 28.8 Å². The first-order valence-electron chi connectivity index (χ1n) is 8.57. The molecule has 7 heteroatoms. The molecule has 142 valence electrons. The molecule has 0 radical (unpaired) electrons. The summed E-state index contributed by atoms with van der Waals surface area (Å²) in [5.74, 6) is 1.38. The number of aromatic amines is 1. The number of pyridine rings is 1.